The van der Waals surface area contributed by atoms with Crippen LogP contribution in [0.4, 0.5) is 0 Å². The SMILES string of the molecule is CCNC(=O)[C@H](C)NC(=O)CSc1nnc(-c2cc(Cl)ccc2Cl)n1N. The largest absolute Gasteiger partial charge is 0.355 e. The van der Waals surface area contributed by atoms with Crippen LogP contribution < -0.4 is 16.5 Å². The monoisotopic (exact) mass is 416 g/mol. The molecule has 2 amide bonds. The number of amides is 2. The number of nitrogen functional groups attached to an aromatic ring is 1. The third kappa shape index (κ3) is 5.03. The van der Waals surface area contributed by atoms with Crippen molar-refractivity contribution in [2.24, 2.45) is 0 Å². The molecule has 0 unspecified atom stereocenters. The van der Waals surface area contributed by atoms with Gasteiger partial charge in [0.2, 0.25) is 17.0 Å². The second-order valence-corrected chi connectivity index (χ2v) is 7.06. The van der Waals surface area contributed by atoms with Crippen molar-refractivity contribution in [3.8, 4) is 11.4 Å². The number of carbonyl (C=O) groups excluding carboxylic acids is 2. The average Bonchev–Trinajstić information content (AvgIpc) is 2.96. The average molecular weight is 417 g/mol. The minimum Gasteiger partial charge on any atom is -0.355 e. The number of benzene rings is 1. The molecule has 0 aliphatic carbocycles. The lowest BCUT2D eigenvalue weighted by Crippen LogP contribution is -2.45. The molecule has 0 bridgehead atoms. The predicted molar refractivity (Wildman–Crippen MR) is 103 cm³/mol. The van der Waals surface area contributed by atoms with Crippen LogP contribution in [0.5, 0.6) is 0 Å². The summed E-state index contributed by atoms with van der Waals surface area (Å²) in [5, 5.41) is 14.5. The van der Waals surface area contributed by atoms with Gasteiger partial charge in [0.1, 0.15) is 6.04 Å². The van der Waals surface area contributed by atoms with Crippen LogP contribution in [0.15, 0.2) is 23.4 Å². The Balaban J connectivity index is 2.01. The Morgan fingerprint density at radius 3 is 2.77 bits per heavy atom. The summed E-state index contributed by atoms with van der Waals surface area (Å²) in [4.78, 5) is 23.6. The lowest BCUT2D eigenvalue weighted by Gasteiger charge is -2.12. The highest BCUT2D eigenvalue weighted by atomic mass is 35.5. The van der Waals surface area contributed by atoms with Crippen molar-refractivity contribution in [1.29, 1.82) is 0 Å². The molecule has 1 atom stereocenters. The molecule has 0 spiro atoms. The van der Waals surface area contributed by atoms with Crippen LogP contribution in [0.1, 0.15) is 13.8 Å². The summed E-state index contributed by atoms with van der Waals surface area (Å²) in [6, 6.07) is 4.30. The fourth-order valence-electron chi connectivity index (χ4n) is 2.03. The Morgan fingerprint density at radius 1 is 1.35 bits per heavy atom. The molecular formula is C15H18Cl2N6O2S. The summed E-state index contributed by atoms with van der Waals surface area (Å²) in [6.07, 6.45) is 0. The highest BCUT2D eigenvalue weighted by molar-refractivity contribution is 7.99. The number of likely N-dealkylation sites (N-methyl/N-ethyl adjacent to an activating group) is 1. The highest BCUT2D eigenvalue weighted by Crippen LogP contribution is 2.30. The summed E-state index contributed by atoms with van der Waals surface area (Å²) >= 11 is 13.2. The van der Waals surface area contributed by atoms with Gasteiger partial charge in [0.15, 0.2) is 5.82 Å². The number of hydrogen-bond acceptors (Lipinski definition) is 6. The predicted octanol–water partition coefficient (Wildman–Crippen LogP) is 1.70. The molecule has 26 heavy (non-hydrogen) atoms. The topological polar surface area (TPSA) is 115 Å². The van der Waals surface area contributed by atoms with Gasteiger partial charge < -0.3 is 16.5 Å². The number of thioether (sulfide) groups is 1. The molecule has 2 aromatic rings. The van der Waals surface area contributed by atoms with Gasteiger partial charge in [0.05, 0.1) is 10.8 Å². The van der Waals surface area contributed by atoms with E-state index in [1.807, 2.05) is 0 Å². The molecule has 11 heteroatoms. The molecule has 0 aliphatic heterocycles. The molecular weight excluding hydrogens is 399 g/mol. The molecule has 1 aromatic carbocycles. The van der Waals surface area contributed by atoms with E-state index in [9.17, 15) is 9.59 Å². The van der Waals surface area contributed by atoms with E-state index in [1.165, 1.54) is 4.68 Å². The Bertz CT molecular complexity index is 813. The zero-order valence-electron chi connectivity index (χ0n) is 14.1. The van der Waals surface area contributed by atoms with Gasteiger partial charge in [-0.1, -0.05) is 35.0 Å². The normalized spacial score (nSPS) is 11.8. The Labute approximate surface area is 164 Å². The Morgan fingerprint density at radius 2 is 2.08 bits per heavy atom. The van der Waals surface area contributed by atoms with Crippen LogP contribution in [0.25, 0.3) is 11.4 Å². The van der Waals surface area contributed by atoms with Gasteiger partial charge in [-0.15, -0.1) is 10.2 Å². The molecule has 0 saturated heterocycles. The number of halogens is 2. The van der Waals surface area contributed by atoms with Crippen LogP contribution in [-0.4, -0.2) is 45.0 Å². The molecule has 0 aliphatic rings. The van der Waals surface area contributed by atoms with E-state index in [0.29, 0.717) is 33.1 Å². The number of aromatic nitrogens is 3. The first-order valence-corrected chi connectivity index (χ1v) is 9.43. The van der Waals surface area contributed by atoms with E-state index in [4.69, 9.17) is 29.0 Å². The van der Waals surface area contributed by atoms with Gasteiger partial charge in [-0.05, 0) is 32.0 Å². The summed E-state index contributed by atoms with van der Waals surface area (Å²) in [7, 11) is 0. The number of nitrogens with zero attached hydrogens (tertiary/aromatic N) is 3. The zero-order valence-corrected chi connectivity index (χ0v) is 16.5. The summed E-state index contributed by atoms with van der Waals surface area (Å²) in [6.45, 7) is 3.91. The van der Waals surface area contributed by atoms with E-state index < -0.39 is 6.04 Å². The lowest BCUT2D eigenvalue weighted by molar-refractivity contribution is -0.127. The van der Waals surface area contributed by atoms with E-state index in [-0.39, 0.29) is 17.6 Å². The fraction of sp³-hybridized carbons (Fsp3) is 0.333. The van der Waals surface area contributed by atoms with E-state index >= 15 is 0 Å². The standard InChI is InChI=1S/C15H18Cl2N6O2S/c1-3-19-14(25)8(2)20-12(24)7-26-15-22-21-13(23(15)18)10-6-9(16)4-5-11(10)17/h4-6,8H,3,7,18H2,1-2H3,(H,19,25)(H,20,24)/t8-/m0/s1. The quantitative estimate of drug-likeness (QED) is 0.467. The molecule has 8 nitrogen and oxygen atoms in total. The van der Waals surface area contributed by atoms with Gasteiger partial charge >= 0.3 is 0 Å². The number of nitrogens with one attached hydrogen (secondary N) is 2. The highest BCUT2D eigenvalue weighted by Gasteiger charge is 2.18. The summed E-state index contributed by atoms with van der Waals surface area (Å²) in [5.41, 5.74) is 0.537. The number of nitrogens with two attached hydrogens (primary N) is 1. The third-order valence-corrected chi connectivity index (χ3v) is 4.80. The van der Waals surface area contributed by atoms with Crippen molar-refractivity contribution in [3.63, 3.8) is 0 Å². The molecule has 0 radical (unpaired) electrons. The van der Waals surface area contributed by atoms with Crippen molar-refractivity contribution >= 4 is 46.8 Å². The minimum absolute atomic E-state index is 0.0301. The van der Waals surface area contributed by atoms with Crippen molar-refractivity contribution in [3.05, 3.63) is 28.2 Å². The number of rotatable bonds is 7. The Kier molecular flexibility index (Phi) is 7.13. The zero-order chi connectivity index (χ0) is 19.3. The van der Waals surface area contributed by atoms with Crippen molar-refractivity contribution in [2.45, 2.75) is 25.0 Å². The second-order valence-electron chi connectivity index (χ2n) is 5.27. The molecule has 4 N–H and O–H groups in total. The van der Waals surface area contributed by atoms with Crippen molar-refractivity contribution in [1.82, 2.24) is 25.5 Å². The maximum Gasteiger partial charge on any atom is 0.242 e. The molecule has 1 heterocycles. The first-order chi connectivity index (χ1) is 12.3. The van der Waals surface area contributed by atoms with E-state index in [2.05, 4.69) is 20.8 Å². The van der Waals surface area contributed by atoms with Gasteiger partial charge in [0, 0.05) is 17.1 Å². The first kappa shape index (κ1) is 20.3. The Hall–Kier alpha value is -1.97. The molecule has 0 saturated carbocycles. The van der Waals surface area contributed by atoms with Crippen LogP contribution in [0.3, 0.4) is 0 Å². The maximum absolute atomic E-state index is 12.0. The summed E-state index contributed by atoms with van der Waals surface area (Å²) < 4.78 is 1.24. The van der Waals surface area contributed by atoms with Crippen LogP contribution in [0.2, 0.25) is 10.0 Å². The van der Waals surface area contributed by atoms with Gasteiger partial charge in [-0.2, -0.15) is 0 Å². The maximum atomic E-state index is 12.0. The fourth-order valence-corrected chi connectivity index (χ4v) is 3.08. The lowest BCUT2D eigenvalue weighted by atomic mass is 10.2. The third-order valence-electron chi connectivity index (χ3n) is 3.29. The van der Waals surface area contributed by atoms with Crippen LogP contribution in [-0.2, 0) is 9.59 Å². The number of hydrogen-bond donors (Lipinski definition) is 3. The van der Waals surface area contributed by atoms with E-state index in [1.54, 1.807) is 32.0 Å². The minimum atomic E-state index is -0.625. The molecule has 2 rings (SSSR count). The molecule has 0 fully saturated rings. The second kappa shape index (κ2) is 9.11. The van der Waals surface area contributed by atoms with Gasteiger partial charge in [-0.25, -0.2) is 4.68 Å². The van der Waals surface area contributed by atoms with Gasteiger partial charge in [-0.3, -0.25) is 9.59 Å². The molecule has 140 valence electrons. The van der Waals surface area contributed by atoms with Crippen LogP contribution in [0, 0.1) is 0 Å². The van der Waals surface area contributed by atoms with Gasteiger partial charge in [0.25, 0.3) is 0 Å². The smallest absolute Gasteiger partial charge is 0.242 e. The summed E-state index contributed by atoms with van der Waals surface area (Å²) in [5.74, 6) is 5.80. The van der Waals surface area contributed by atoms with E-state index in [0.717, 1.165) is 11.8 Å². The van der Waals surface area contributed by atoms with Crippen molar-refractivity contribution < 1.29 is 9.59 Å². The van der Waals surface area contributed by atoms with Crippen LogP contribution >= 0.6 is 35.0 Å². The first-order valence-electron chi connectivity index (χ1n) is 7.69. The number of carbonyl (C=O) groups is 2. The molecule has 1 aromatic heterocycles. The van der Waals surface area contributed by atoms with Crippen molar-refractivity contribution in [2.75, 3.05) is 18.1 Å².